The van der Waals surface area contributed by atoms with Gasteiger partial charge >= 0.3 is 0 Å². The lowest BCUT2D eigenvalue weighted by atomic mass is 10.0. The van der Waals surface area contributed by atoms with Gasteiger partial charge in [-0.05, 0) is 30.3 Å². The zero-order chi connectivity index (χ0) is 23.4. The molecule has 5 rings (SSSR count). The Morgan fingerprint density at radius 3 is 2.18 bits per heavy atom. The first-order chi connectivity index (χ1) is 15.8. The largest absolute Gasteiger partial charge is 0.464 e. The van der Waals surface area contributed by atoms with Crippen LogP contribution in [0.25, 0.3) is 33.1 Å². The third-order valence-electron chi connectivity index (χ3n) is 5.58. The van der Waals surface area contributed by atoms with E-state index in [1.165, 1.54) is 23.0 Å². The van der Waals surface area contributed by atoms with Crippen LogP contribution >= 0.6 is 0 Å². The molecule has 4 nitrogen and oxygen atoms in total. The number of amides is 1. The van der Waals surface area contributed by atoms with Gasteiger partial charge in [-0.2, -0.15) is 0 Å². The minimum atomic E-state index is -2.23. The molecule has 0 saturated carbocycles. The van der Waals surface area contributed by atoms with Crippen molar-refractivity contribution >= 4 is 27.7 Å². The van der Waals surface area contributed by atoms with Gasteiger partial charge in [0.15, 0.2) is 23.3 Å². The summed E-state index contributed by atoms with van der Waals surface area (Å²) in [6.07, 6.45) is 1.47. The highest BCUT2D eigenvalue weighted by molar-refractivity contribution is 6.18. The normalized spacial score (nSPS) is 11.5. The zero-order valence-electron chi connectivity index (χ0n) is 16.6. The topological polar surface area (TPSA) is 61.2 Å². The van der Waals surface area contributed by atoms with Crippen LogP contribution in [-0.2, 0) is 6.54 Å². The molecule has 0 aliphatic heterocycles. The summed E-state index contributed by atoms with van der Waals surface area (Å²) in [6, 6.07) is 13.0. The van der Waals surface area contributed by atoms with Crippen LogP contribution < -0.4 is 5.73 Å². The molecule has 0 bridgehead atoms. The molecule has 0 spiro atoms. The number of primary amides is 1. The van der Waals surface area contributed by atoms with E-state index in [4.69, 9.17) is 10.2 Å². The Hall–Kier alpha value is -4.14. The fraction of sp³-hybridized carbons (Fsp3) is 0.0417. The molecule has 2 aromatic heterocycles. The summed E-state index contributed by atoms with van der Waals surface area (Å²) in [5.41, 5.74) is 6.00. The van der Waals surface area contributed by atoms with Gasteiger partial charge in [0.05, 0.1) is 23.8 Å². The first-order valence-corrected chi connectivity index (χ1v) is 9.68. The average molecular weight is 456 g/mol. The molecule has 0 aliphatic carbocycles. The van der Waals surface area contributed by atoms with E-state index in [0.29, 0.717) is 33.1 Å². The van der Waals surface area contributed by atoms with Crippen LogP contribution in [0.1, 0.15) is 15.9 Å². The summed E-state index contributed by atoms with van der Waals surface area (Å²) in [4.78, 5) is 12.1. The Morgan fingerprint density at radius 2 is 1.55 bits per heavy atom. The van der Waals surface area contributed by atoms with Crippen molar-refractivity contribution in [2.24, 2.45) is 5.73 Å². The van der Waals surface area contributed by atoms with Crippen molar-refractivity contribution in [1.29, 1.82) is 0 Å². The quantitative estimate of drug-likeness (QED) is 0.208. The van der Waals surface area contributed by atoms with Crippen LogP contribution in [0.5, 0.6) is 0 Å². The summed E-state index contributed by atoms with van der Waals surface area (Å²) < 4.78 is 76.9. The van der Waals surface area contributed by atoms with E-state index >= 15 is 0 Å². The number of hydrogen-bond donors (Lipinski definition) is 1. The van der Waals surface area contributed by atoms with E-state index in [-0.39, 0.29) is 5.56 Å². The highest BCUT2D eigenvalue weighted by Gasteiger charge is 2.27. The van der Waals surface area contributed by atoms with Crippen molar-refractivity contribution in [3.8, 4) is 11.3 Å². The van der Waals surface area contributed by atoms with E-state index in [9.17, 15) is 26.7 Å². The number of nitrogens with two attached hydrogens (primary N) is 1. The summed E-state index contributed by atoms with van der Waals surface area (Å²) in [6.45, 7) is -0.685. The Morgan fingerprint density at radius 1 is 0.848 bits per heavy atom. The molecule has 9 heteroatoms. The monoisotopic (exact) mass is 456 g/mol. The number of halogens is 5. The molecule has 1 amide bonds. The lowest BCUT2D eigenvalue weighted by Gasteiger charge is -2.12. The molecular formula is C24H13F5N2O2. The Balaban J connectivity index is 1.85. The van der Waals surface area contributed by atoms with Gasteiger partial charge in [-0.3, -0.25) is 4.79 Å². The molecule has 0 fully saturated rings. The van der Waals surface area contributed by atoms with Crippen molar-refractivity contribution in [2.45, 2.75) is 6.54 Å². The predicted molar refractivity (Wildman–Crippen MR) is 111 cm³/mol. The molecule has 3 aromatic carbocycles. The van der Waals surface area contributed by atoms with Gasteiger partial charge in [-0.1, -0.05) is 18.2 Å². The van der Waals surface area contributed by atoms with Crippen LogP contribution in [0.4, 0.5) is 22.0 Å². The number of carbonyl (C=O) groups excluding carboxylic acids is 1. The number of hydrogen-bond acceptors (Lipinski definition) is 2. The number of benzene rings is 3. The molecule has 166 valence electrons. The SMILES string of the molecule is NC(=O)c1cccc2c1c1ccc(-c3ccco3)cc1n2Cc1c(F)c(F)c(F)c(F)c1F. The fourth-order valence-electron chi connectivity index (χ4n) is 4.06. The maximum Gasteiger partial charge on any atom is 0.249 e. The van der Waals surface area contributed by atoms with E-state index < -0.39 is 47.1 Å². The third-order valence-corrected chi connectivity index (χ3v) is 5.58. The minimum absolute atomic E-state index is 0.152. The van der Waals surface area contributed by atoms with Gasteiger partial charge in [0, 0.05) is 27.5 Å². The van der Waals surface area contributed by atoms with Gasteiger partial charge in [0.2, 0.25) is 11.7 Å². The summed E-state index contributed by atoms with van der Waals surface area (Å²) in [5, 5.41) is 0.911. The summed E-state index contributed by atoms with van der Waals surface area (Å²) >= 11 is 0. The molecule has 5 aromatic rings. The minimum Gasteiger partial charge on any atom is -0.464 e. The first kappa shape index (κ1) is 20.7. The molecular weight excluding hydrogens is 443 g/mol. The summed E-state index contributed by atoms with van der Waals surface area (Å²) in [7, 11) is 0. The lowest BCUT2D eigenvalue weighted by Crippen LogP contribution is -2.12. The predicted octanol–water partition coefficient (Wildman–Crippen LogP) is 5.90. The maximum absolute atomic E-state index is 14.5. The summed E-state index contributed by atoms with van der Waals surface area (Å²) in [5.74, 6) is -10.4. The molecule has 33 heavy (non-hydrogen) atoms. The number of nitrogens with zero attached hydrogens (tertiary/aromatic N) is 1. The number of fused-ring (bicyclic) bond motifs is 3. The molecule has 2 heterocycles. The second-order valence-corrected chi connectivity index (χ2v) is 7.41. The zero-order valence-corrected chi connectivity index (χ0v) is 16.6. The molecule has 0 atom stereocenters. The van der Waals surface area contributed by atoms with Gasteiger partial charge in [0.1, 0.15) is 5.76 Å². The van der Waals surface area contributed by atoms with Gasteiger partial charge in [-0.25, -0.2) is 22.0 Å². The first-order valence-electron chi connectivity index (χ1n) is 9.68. The average Bonchev–Trinajstić information content (AvgIpc) is 3.45. The van der Waals surface area contributed by atoms with Gasteiger partial charge in [-0.15, -0.1) is 0 Å². The number of aromatic nitrogens is 1. The molecule has 0 saturated heterocycles. The van der Waals surface area contributed by atoms with Crippen LogP contribution in [0.15, 0.2) is 59.2 Å². The standard InChI is InChI=1S/C24H13F5N2O2/c25-19-14(20(26)22(28)23(29)21(19)27)10-31-15-4-1-3-13(24(30)32)18(15)12-7-6-11(9-16(12)31)17-5-2-8-33-17/h1-9H,10H2,(H2,30,32). The van der Waals surface area contributed by atoms with Gasteiger partial charge < -0.3 is 14.7 Å². The second-order valence-electron chi connectivity index (χ2n) is 7.41. The second kappa shape index (κ2) is 7.47. The Kier molecular flexibility index (Phi) is 4.70. The van der Waals surface area contributed by atoms with Crippen molar-refractivity contribution in [3.05, 3.63) is 95.0 Å². The van der Waals surface area contributed by atoms with Crippen LogP contribution in [0.2, 0.25) is 0 Å². The van der Waals surface area contributed by atoms with Crippen molar-refractivity contribution in [2.75, 3.05) is 0 Å². The highest BCUT2D eigenvalue weighted by Crippen LogP contribution is 2.36. The van der Waals surface area contributed by atoms with E-state index in [0.717, 1.165) is 0 Å². The van der Waals surface area contributed by atoms with E-state index in [2.05, 4.69) is 0 Å². The fourth-order valence-corrected chi connectivity index (χ4v) is 4.06. The number of rotatable bonds is 4. The number of carbonyl (C=O) groups is 1. The highest BCUT2D eigenvalue weighted by atomic mass is 19.2. The van der Waals surface area contributed by atoms with Crippen molar-refractivity contribution < 1.29 is 31.2 Å². The maximum atomic E-state index is 14.5. The van der Waals surface area contributed by atoms with Crippen molar-refractivity contribution in [3.63, 3.8) is 0 Å². The lowest BCUT2D eigenvalue weighted by molar-refractivity contribution is 0.100. The molecule has 2 N–H and O–H groups in total. The van der Waals surface area contributed by atoms with Crippen LogP contribution in [0, 0.1) is 29.1 Å². The number of furan rings is 1. The van der Waals surface area contributed by atoms with E-state index in [1.54, 1.807) is 36.4 Å². The third kappa shape index (κ3) is 3.07. The Labute approximate surface area is 182 Å². The Bertz CT molecular complexity index is 1540. The van der Waals surface area contributed by atoms with Gasteiger partial charge in [0.25, 0.3) is 0 Å². The molecule has 0 radical (unpaired) electrons. The smallest absolute Gasteiger partial charge is 0.249 e. The van der Waals surface area contributed by atoms with Crippen LogP contribution in [0.3, 0.4) is 0 Å². The van der Waals surface area contributed by atoms with Crippen LogP contribution in [-0.4, -0.2) is 10.5 Å². The molecule has 0 aliphatic rings. The van der Waals surface area contributed by atoms with Crippen molar-refractivity contribution in [1.82, 2.24) is 4.57 Å². The van der Waals surface area contributed by atoms with E-state index in [1.807, 2.05) is 0 Å². The molecule has 0 unspecified atom stereocenters.